The molecule has 1 heterocycles. The number of carbonyl (C=O) groups excluding carboxylic acids is 2. The van der Waals surface area contributed by atoms with Gasteiger partial charge in [0.15, 0.2) is 0 Å². The molecule has 1 aromatic rings. The van der Waals surface area contributed by atoms with Crippen LogP contribution in [0.5, 0.6) is 0 Å². The maximum atomic E-state index is 12.5. The maximum absolute atomic E-state index is 12.5. The van der Waals surface area contributed by atoms with Gasteiger partial charge in [-0.15, -0.1) is 0 Å². The second kappa shape index (κ2) is 6.74. The Labute approximate surface area is 126 Å². The minimum absolute atomic E-state index is 0.0296. The van der Waals surface area contributed by atoms with Crippen LogP contribution < -0.4 is 5.32 Å². The van der Waals surface area contributed by atoms with Crippen LogP contribution in [-0.2, 0) is 4.79 Å². The summed E-state index contributed by atoms with van der Waals surface area (Å²) < 4.78 is 0. The highest BCUT2D eigenvalue weighted by Crippen LogP contribution is 2.24. The van der Waals surface area contributed by atoms with Crippen molar-refractivity contribution in [1.29, 1.82) is 0 Å². The average molecular weight is 288 g/mol. The Kier molecular flexibility index (Phi) is 4.99. The zero-order valence-corrected chi connectivity index (χ0v) is 13.1. The van der Waals surface area contributed by atoms with Crippen LogP contribution in [-0.4, -0.2) is 35.8 Å². The summed E-state index contributed by atoms with van der Waals surface area (Å²) in [4.78, 5) is 26.4. The van der Waals surface area contributed by atoms with E-state index in [1.807, 2.05) is 49.9 Å². The predicted octanol–water partition coefficient (Wildman–Crippen LogP) is 2.37. The Bertz CT molecular complexity index is 510. The van der Waals surface area contributed by atoms with Gasteiger partial charge in [-0.2, -0.15) is 0 Å². The van der Waals surface area contributed by atoms with Gasteiger partial charge in [-0.3, -0.25) is 9.59 Å². The van der Waals surface area contributed by atoms with Crippen molar-refractivity contribution in [3.8, 4) is 0 Å². The number of hydrogen-bond acceptors (Lipinski definition) is 2. The monoisotopic (exact) mass is 288 g/mol. The highest BCUT2D eigenvalue weighted by atomic mass is 16.2. The first kappa shape index (κ1) is 15.5. The fourth-order valence-electron chi connectivity index (χ4n) is 2.89. The van der Waals surface area contributed by atoms with Gasteiger partial charge in [0.05, 0.1) is 0 Å². The molecular weight excluding hydrogens is 264 g/mol. The molecule has 1 aliphatic heterocycles. The van der Waals surface area contributed by atoms with Gasteiger partial charge in [0.1, 0.15) is 0 Å². The zero-order chi connectivity index (χ0) is 15.4. The first-order chi connectivity index (χ1) is 10.0. The third kappa shape index (κ3) is 3.63. The summed E-state index contributed by atoms with van der Waals surface area (Å²) >= 11 is 0. The van der Waals surface area contributed by atoms with Crippen molar-refractivity contribution in [1.82, 2.24) is 10.2 Å². The summed E-state index contributed by atoms with van der Waals surface area (Å²) in [6, 6.07) is 7.76. The van der Waals surface area contributed by atoms with E-state index in [0.717, 1.165) is 24.0 Å². The molecular formula is C17H24N2O2. The number of hydrogen-bond donors (Lipinski definition) is 1. The molecule has 0 aliphatic carbocycles. The number of nitrogens with one attached hydrogen (secondary N) is 1. The minimum Gasteiger partial charge on any atom is -0.356 e. The first-order valence-corrected chi connectivity index (χ1v) is 7.68. The van der Waals surface area contributed by atoms with E-state index in [0.29, 0.717) is 13.1 Å². The summed E-state index contributed by atoms with van der Waals surface area (Å²) in [6.07, 6.45) is 1.48. The maximum Gasteiger partial charge on any atom is 0.254 e. The minimum atomic E-state index is 0.0296. The molecule has 0 aromatic heterocycles. The fourth-order valence-corrected chi connectivity index (χ4v) is 2.89. The topological polar surface area (TPSA) is 49.4 Å². The molecule has 2 atom stereocenters. The van der Waals surface area contributed by atoms with Crippen molar-refractivity contribution in [2.75, 3.05) is 13.1 Å². The Morgan fingerprint density at radius 2 is 1.95 bits per heavy atom. The van der Waals surface area contributed by atoms with Gasteiger partial charge >= 0.3 is 0 Å². The van der Waals surface area contributed by atoms with Crippen molar-refractivity contribution >= 4 is 11.8 Å². The number of carbonyl (C=O) groups is 2. The molecule has 1 saturated heterocycles. The number of nitrogens with zero attached hydrogens (tertiary/aromatic N) is 1. The number of benzene rings is 1. The van der Waals surface area contributed by atoms with Gasteiger partial charge in [-0.05, 0) is 45.7 Å². The second-order valence-corrected chi connectivity index (χ2v) is 5.83. The van der Waals surface area contributed by atoms with Crippen molar-refractivity contribution in [2.24, 2.45) is 5.92 Å². The van der Waals surface area contributed by atoms with Gasteiger partial charge in [0.2, 0.25) is 5.91 Å². The number of amides is 2. The van der Waals surface area contributed by atoms with Crippen LogP contribution in [0.25, 0.3) is 0 Å². The van der Waals surface area contributed by atoms with E-state index in [1.165, 1.54) is 0 Å². The summed E-state index contributed by atoms with van der Waals surface area (Å²) in [5.41, 5.74) is 1.87. The van der Waals surface area contributed by atoms with Crippen molar-refractivity contribution in [2.45, 2.75) is 39.7 Å². The number of likely N-dealkylation sites (tertiary alicyclic amines) is 1. The van der Waals surface area contributed by atoms with E-state index in [2.05, 4.69) is 5.32 Å². The molecule has 21 heavy (non-hydrogen) atoms. The van der Waals surface area contributed by atoms with Crippen LogP contribution in [0, 0.1) is 12.8 Å². The van der Waals surface area contributed by atoms with Gasteiger partial charge < -0.3 is 10.2 Å². The second-order valence-electron chi connectivity index (χ2n) is 5.83. The third-order valence-corrected chi connectivity index (χ3v) is 4.16. The molecule has 1 aromatic carbocycles. The lowest BCUT2D eigenvalue weighted by molar-refractivity contribution is -0.126. The largest absolute Gasteiger partial charge is 0.356 e. The summed E-state index contributed by atoms with van der Waals surface area (Å²) in [6.45, 7) is 7.27. The first-order valence-electron chi connectivity index (χ1n) is 7.68. The quantitative estimate of drug-likeness (QED) is 0.928. The predicted molar refractivity (Wildman–Crippen MR) is 83.1 cm³/mol. The van der Waals surface area contributed by atoms with Crippen molar-refractivity contribution in [3.05, 3.63) is 35.4 Å². The van der Waals surface area contributed by atoms with E-state index in [9.17, 15) is 9.59 Å². The van der Waals surface area contributed by atoms with E-state index >= 15 is 0 Å². The molecule has 114 valence electrons. The fraction of sp³-hybridized carbons (Fsp3) is 0.529. The van der Waals surface area contributed by atoms with E-state index in [-0.39, 0.29) is 23.8 Å². The molecule has 2 amide bonds. The molecule has 2 unspecified atom stereocenters. The Balaban J connectivity index is 2.01. The average Bonchev–Trinajstić information content (AvgIpc) is 2.47. The lowest BCUT2D eigenvalue weighted by Gasteiger charge is -2.37. The molecule has 2 rings (SSSR count). The van der Waals surface area contributed by atoms with E-state index in [4.69, 9.17) is 0 Å². The van der Waals surface area contributed by atoms with Gasteiger partial charge in [0, 0.05) is 30.6 Å². The highest BCUT2D eigenvalue weighted by molar-refractivity contribution is 5.94. The number of aryl methyl sites for hydroxylation is 1. The SMILES string of the molecule is CCNC(=O)C1CCN(C(=O)c2ccc(C)cc2)C(C)C1. The van der Waals surface area contributed by atoms with Gasteiger partial charge in [0.25, 0.3) is 5.91 Å². The Morgan fingerprint density at radius 3 is 2.52 bits per heavy atom. The van der Waals surface area contributed by atoms with E-state index in [1.54, 1.807) is 0 Å². The van der Waals surface area contributed by atoms with Crippen LogP contribution in [0.15, 0.2) is 24.3 Å². The van der Waals surface area contributed by atoms with Crippen LogP contribution >= 0.6 is 0 Å². The zero-order valence-electron chi connectivity index (χ0n) is 13.1. The Hall–Kier alpha value is -1.84. The summed E-state index contributed by atoms with van der Waals surface area (Å²) in [7, 11) is 0. The van der Waals surface area contributed by atoms with Crippen LogP contribution in [0.2, 0.25) is 0 Å². The molecule has 1 fully saturated rings. The molecule has 0 radical (unpaired) electrons. The van der Waals surface area contributed by atoms with Gasteiger partial charge in [-0.1, -0.05) is 17.7 Å². The lowest BCUT2D eigenvalue weighted by atomic mass is 9.90. The van der Waals surface area contributed by atoms with Crippen molar-refractivity contribution < 1.29 is 9.59 Å². The number of piperidine rings is 1. The molecule has 4 nitrogen and oxygen atoms in total. The van der Waals surface area contributed by atoms with Crippen LogP contribution in [0.4, 0.5) is 0 Å². The molecule has 1 aliphatic rings. The molecule has 0 saturated carbocycles. The normalized spacial score (nSPS) is 22.0. The van der Waals surface area contributed by atoms with Crippen molar-refractivity contribution in [3.63, 3.8) is 0 Å². The van der Waals surface area contributed by atoms with Crippen LogP contribution in [0.1, 0.15) is 42.6 Å². The molecule has 4 heteroatoms. The Morgan fingerprint density at radius 1 is 1.29 bits per heavy atom. The van der Waals surface area contributed by atoms with Crippen LogP contribution in [0.3, 0.4) is 0 Å². The lowest BCUT2D eigenvalue weighted by Crippen LogP contribution is -2.47. The standard InChI is InChI=1S/C17H24N2O2/c1-4-18-16(20)15-9-10-19(13(3)11-15)17(21)14-7-5-12(2)6-8-14/h5-8,13,15H,4,9-11H2,1-3H3,(H,18,20). The highest BCUT2D eigenvalue weighted by Gasteiger charge is 2.32. The molecule has 0 spiro atoms. The van der Waals surface area contributed by atoms with E-state index < -0.39 is 0 Å². The summed E-state index contributed by atoms with van der Waals surface area (Å²) in [5.74, 6) is 0.214. The number of rotatable bonds is 3. The summed E-state index contributed by atoms with van der Waals surface area (Å²) in [5, 5.41) is 2.88. The smallest absolute Gasteiger partial charge is 0.254 e. The van der Waals surface area contributed by atoms with Gasteiger partial charge in [-0.25, -0.2) is 0 Å². The molecule has 1 N–H and O–H groups in total. The molecule has 0 bridgehead atoms. The third-order valence-electron chi connectivity index (χ3n) is 4.16.